The highest BCUT2D eigenvalue weighted by atomic mass is 32.1. The maximum Gasteiger partial charge on any atom is 0.166 e. The third kappa shape index (κ3) is 7.43. The van der Waals surface area contributed by atoms with Gasteiger partial charge in [-0.05, 0) is 82.4 Å². The van der Waals surface area contributed by atoms with Gasteiger partial charge >= 0.3 is 0 Å². The number of nitrogens with zero attached hydrogens (tertiary/aromatic N) is 6. The second-order valence-electron chi connectivity index (χ2n) is 20.2. The molecule has 12 aromatic carbocycles. The van der Waals surface area contributed by atoms with Crippen LogP contribution in [-0.2, 0) is 0 Å². The number of hydrogen-bond donors (Lipinski definition) is 0. The molecule has 0 fully saturated rings. The van der Waals surface area contributed by atoms with Crippen molar-refractivity contribution in [2.24, 2.45) is 0 Å². The Morgan fingerprint density at radius 2 is 0.786 bits per heavy atom. The minimum Gasteiger partial charge on any atom is -0.308 e. The van der Waals surface area contributed by atoms with Crippen LogP contribution < -0.4 is 0 Å². The maximum atomic E-state index is 12.4. The number of benzene rings is 12. The van der Waals surface area contributed by atoms with Crippen LogP contribution >= 0.6 is 22.7 Å². The molecule has 0 aliphatic carbocycles. The monoisotopic (exact) mass is 1120 g/mol. The van der Waals surface area contributed by atoms with Gasteiger partial charge in [0.05, 0.1) is 59.6 Å². The van der Waals surface area contributed by atoms with Crippen LogP contribution in [0.4, 0.5) is 0 Å². The first kappa shape index (κ1) is 35.1. The maximum absolute atomic E-state index is 12.4. The lowest BCUT2D eigenvalue weighted by Crippen LogP contribution is -2.10. The van der Waals surface area contributed by atoms with Gasteiger partial charge in [-0.15, -0.1) is 22.7 Å². The zero-order chi connectivity index (χ0) is 68.5. The molecule has 0 aliphatic rings. The normalized spacial score (nSPS) is 14.3. The second-order valence-corrected chi connectivity index (χ2v) is 22.3. The SMILES string of the molecule is [2H]c1c([2H])c([2H])c(-c2ccc3c(c2)c2c4sc5ccccc5c4ccc2n3-c2c(C#N)cc(-c3nc(-c4ccccc4)nc(-c4ccccc4)n3)c(-n3c4ccc(-c5c([2H])c([2H])c([2H])c([2H])c5[2H])cc4c4c5sc6ccccc6c5ccc43)c2-c2c([2H])c([2H])c([2H])c([2H])c2[2H])c([2H])c1[2H]. The van der Waals surface area contributed by atoms with E-state index in [-0.39, 0.29) is 67.8 Å². The Kier molecular flexibility index (Phi) is 8.01. The molecule has 6 nitrogen and oxygen atoms in total. The van der Waals surface area contributed by atoms with E-state index in [1.807, 2.05) is 143 Å². The zero-order valence-electron chi connectivity index (χ0n) is 58.7. The smallest absolute Gasteiger partial charge is 0.166 e. The highest BCUT2D eigenvalue weighted by Gasteiger charge is 2.31. The van der Waals surface area contributed by atoms with Gasteiger partial charge in [0.15, 0.2) is 17.5 Å². The lowest BCUT2D eigenvalue weighted by molar-refractivity contribution is 1.06. The van der Waals surface area contributed by atoms with E-state index in [0.717, 1.165) is 40.3 Å². The predicted molar refractivity (Wildman–Crippen MR) is 352 cm³/mol. The van der Waals surface area contributed by atoms with Crippen molar-refractivity contribution < 1.29 is 20.6 Å². The van der Waals surface area contributed by atoms with Gasteiger partial charge in [0.2, 0.25) is 0 Å². The summed E-state index contributed by atoms with van der Waals surface area (Å²) in [6.07, 6.45) is 0. The molecule has 0 radical (unpaired) electrons. The molecule has 0 amide bonds. The Bertz CT molecular complexity index is 6370. The number of thiophene rings is 2. The van der Waals surface area contributed by atoms with Gasteiger partial charge in [-0.1, -0.05) is 212 Å². The van der Waals surface area contributed by atoms with Crippen LogP contribution in [0.15, 0.2) is 267 Å². The van der Waals surface area contributed by atoms with Crippen LogP contribution in [0.1, 0.15) is 26.1 Å². The molecule has 0 aliphatic heterocycles. The lowest BCUT2D eigenvalue weighted by Gasteiger charge is -2.24. The van der Waals surface area contributed by atoms with Gasteiger partial charge in [-0.25, -0.2) is 15.0 Å². The van der Waals surface area contributed by atoms with Crippen molar-refractivity contribution in [1.82, 2.24) is 24.1 Å². The van der Waals surface area contributed by atoms with E-state index in [1.54, 1.807) is 42.5 Å². The number of aromatic nitrogens is 5. The molecule has 0 spiro atoms. The van der Waals surface area contributed by atoms with Crippen molar-refractivity contribution in [3.8, 4) is 85.0 Å². The molecule has 17 aromatic rings. The molecule has 0 atom stereocenters. The standard InChI is InChI=1S/C76H44N6S2/c77-45-53-44-60(76-79-74(49-26-12-4-13-27-49)78-75(80-76)50-28-14-5-15-29-50)71(82-62-39-35-52(47-22-8-2-9-23-47)43-59(62)69-64(82)41-37-57-55-31-17-19-33-66(55)84-73(57)69)67(48-24-10-3-11-25-48)70(53)81-61-38-34-51(46-20-6-1-7-21-46)42-58(61)68-63(81)40-36-56-54-30-16-18-32-65(54)83-72(56)68/h1-44H/i1D,2D,3D,6D,7D,8D,9D,10D,11D,20D,21D,22D,23D,24D,25D. The topological polar surface area (TPSA) is 72.3 Å². The third-order valence-electron chi connectivity index (χ3n) is 15.7. The van der Waals surface area contributed by atoms with Gasteiger partial charge in [0.25, 0.3) is 0 Å². The number of nitriles is 1. The highest BCUT2D eigenvalue weighted by molar-refractivity contribution is 7.27. The molecule has 84 heavy (non-hydrogen) atoms. The van der Waals surface area contributed by atoms with E-state index >= 15 is 0 Å². The van der Waals surface area contributed by atoms with Gasteiger partial charge in [0.1, 0.15) is 6.07 Å². The van der Waals surface area contributed by atoms with Crippen LogP contribution in [0.5, 0.6) is 0 Å². The highest BCUT2D eigenvalue weighted by Crippen LogP contribution is 2.52. The van der Waals surface area contributed by atoms with Crippen molar-refractivity contribution in [2.45, 2.75) is 0 Å². The van der Waals surface area contributed by atoms with Crippen molar-refractivity contribution >= 4 is 107 Å². The van der Waals surface area contributed by atoms with Gasteiger partial charge in [-0.3, -0.25) is 0 Å². The first-order valence-electron chi connectivity index (χ1n) is 34.3. The molecule has 8 heteroatoms. The van der Waals surface area contributed by atoms with Crippen LogP contribution in [0.2, 0.25) is 0 Å². The summed E-state index contributed by atoms with van der Waals surface area (Å²) in [5, 5.41) is 18.4. The fourth-order valence-electron chi connectivity index (χ4n) is 12.1. The molecule has 0 bridgehead atoms. The van der Waals surface area contributed by atoms with E-state index < -0.39 is 90.6 Å². The summed E-state index contributed by atoms with van der Waals surface area (Å²) in [7, 11) is 0. The van der Waals surface area contributed by atoms with Gasteiger partial charge in [0, 0.05) is 84.1 Å². The minimum absolute atomic E-state index is 0.0144. The molecule has 5 aromatic heterocycles. The van der Waals surface area contributed by atoms with Crippen LogP contribution in [0.3, 0.4) is 0 Å². The molecule has 0 saturated carbocycles. The molecule has 0 unspecified atom stereocenters. The summed E-state index contributed by atoms with van der Waals surface area (Å²) in [6.45, 7) is 0. The summed E-state index contributed by atoms with van der Waals surface area (Å²) in [6, 6.07) is 48.6. The number of rotatable bonds is 8. The average Bonchev–Trinajstić information content (AvgIpc) is 1.65. The number of fused-ring (bicyclic) bond motifs is 14. The van der Waals surface area contributed by atoms with Gasteiger partial charge in [-0.2, -0.15) is 5.26 Å². The van der Waals surface area contributed by atoms with Crippen LogP contribution in [0.25, 0.3) is 163 Å². The second kappa shape index (κ2) is 19.2. The summed E-state index contributed by atoms with van der Waals surface area (Å²) in [5.74, 6) is 0.486. The van der Waals surface area contributed by atoms with Crippen molar-refractivity contribution in [3.05, 3.63) is 272 Å². The third-order valence-corrected chi connectivity index (χ3v) is 18.1. The fourth-order valence-corrected chi connectivity index (χ4v) is 14.6. The van der Waals surface area contributed by atoms with E-state index in [2.05, 4.69) is 6.07 Å². The minimum atomic E-state index is -0.681. The molecule has 5 heterocycles. The average molecular weight is 1120 g/mol. The molecule has 390 valence electrons. The number of hydrogen-bond acceptors (Lipinski definition) is 6. The fraction of sp³-hybridized carbons (Fsp3) is 0. The van der Waals surface area contributed by atoms with E-state index in [4.69, 9.17) is 24.5 Å². The van der Waals surface area contributed by atoms with Crippen molar-refractivity contribution in [2.75, 3.05) is 0 Å². The lowest BCUT2D eigenvalue weighted by atomic mass is 9.93. The first-order chi connectivity index (χ1) is 47.8. The van der Waals surface area contributed by atoms with E-state index in [9.17, 15) is 16.2 Å². The largest absolute Gasteiger partial charge is 0.308 e. The molecule has 0 saturated heterocycles. The first-order valence-corrected chi connectivity index (χ1v) is 28.5. The van der Waals surface area contributed by atoms with Gasteiger partial charge < -0.3 is 9.13 Å². The summed E-state index contributed by atoms with van der Waals surface area (Å²) < 4.78 is 145. The summed E-state index contributed by atoms with van der Waals surface area (Å²) in [5.41, 5.74) is 3.46. The molecule has 17 rings (SSSR count). The van der Waals surface area contributed by atoms with Crippen LogP contribution in [0, 0.1) is 11.3 Å². The Hall–Kier alpha value is -10.8. The predicted octanol–water partition coefficient (Wildman–Crippen LogP) is 20.7. The quantitative estimate of drug-likeness (QED) is 0.152. The molecule has 0 N–H and O–H groups in total. The Labute approximate surface area is 511 Å². The summed E-state index contributed by atoms with van der Waals surface area (Å²) in [4.78, 5) is 15.7. The Morgan fingerprint density at radius 1 is 0.357 bits per heavy atom. The summed E-state index contributed by atoms with van der Waals surface area (Å²) >= 11 is 3.03. The molecular formula is C76H44N6S2. The Morgan fingerprint density at radius 3 is 1.27 bits per heavy atom. The van der Waals surface area contributed by atoms with E-state index in [1.165, 1.54) is 22.7 Å². The zero-order valence-corrected chi connectivity index (χ0v) is 45.4. The molecular weight excluding hydrogens is 1060 g/mol. The van der Waals surface area contributed by atoms with E-state index in [0.29, 0.717) is 60.3 Å². The van der Waals surface area contributed by atoms with Crippen molar-refractivity contribution in [1.29, 1.82) is 5.26 Å². The van der Waals surface area contributed by atoms with Crippen LogP contribution in [-0.4, -0.2) is 24.1 Å². The Balaban J connectivity index is 1.13. The van der Waals surface area contributed by atoms with Crippen molar-refractivity contribution in [3.63, 3.8) is 0 Å².